The van der Waals surface area contributed by atoms with E-state index >= 15 is 0 Å². The highest BCUT2D eigenvalue weighted by Gasteiger charge is 2.33. The highest BCUT2D eigenvalue weighted by Crippen LogP contribution is 2.36. The van der Waals surface area contributed by atoms with E-state index in [1.807, 2.05) is 6.92 Å². The molecule has 1 unspecified atom stereocenters. The number of methoxy groups -OCH3 is 1. The van der Waals surface area contributed by atoms with E-state index in [4.69, 9.17) is 4.74 Å². The standard InChI is InChI=1S/C11H15NO3S/c1-11(5-3-4-6-15-11)10-12-8(7-16-10)9(13)14-2/h7H,3-6H2,1-2H3. The van der Waals surface area contributed by atoms with Gasteiger partial charge in [-0.15, -0.1) is 11.3 Å². The van der Waals surface area contributed by atoms with Crippen LogP contribution in [0.5, 0.6) is 0 Å². The molecular weight excluding hydrogens is 226 g/mol. The minimum Gasteiger partial charge on any atom is -0.464 e. The minimum absolute atomic E-state index is 0.324. The zero-order valence-corrected chi connectivity index (χ0v) is 10.3. The fourth-order valence-corrected chi connectivity index (χ4v) is 2.75. The van der Waals surface area contributed by atoms with Gasteiger partial charge in [-0.05, 0) is 26.2 Å². The summed E-state index contributed by atoms with van der Waals surface area (Å²) in [4.78, 5) is 15.6. The van der Waals surface area contributed by atoms with Crippen molar-refractivity contribution < 1.29 is 14.3 Å². The maximum atomic E-state index is 11.3. The Morgan fingerprint density at radius 1 is 1.62 bits per heavy atom. The molecule has 0 saturated carbocycles. The summed E-state index contributed by atoms with van der Waals surface area (Å²) in [6.07, 6.45) is 3.20. The number of carbonyl (C=O) groups excluding carboxylic acids is 1. The van der Waals surface area contributed by atoms with E-state index in [-0.39, 0.29) is 11.6 Å². The van der Waals surface area contributed by atoms with Crippen molar-refractivity contribution in [3.05, 3.63) is 16.1 Å². The second kappa shape index (κ2) is 4.51. The maximum Gasteiger partial charge on any atom is 0.357 e. The Labute approximate surface area is 98.6 Å². The number of esters is 1. The number of hydrogen-bond acceptors (Lipinski definition) is 5. The van der Waals surface area contributed by atoms with Gasteiger partial charge in [0.25, 0.3) is 0 Å². The van der Waals surface area contributed by atoms with Crippen molar-refractivity contribution in [3.63, 3.8) is 0 Å². The maximum absolute atomic E-state index is 11.3. The zero-order valence-electron chi connectivity index (χ0n) is 9.49. The second-order valence-electron chi connectivity index (χ2n) is 4.07. The highest BCUT2D eigenvalue weighted by molar-refractivity contribution is 7.10. The highest BCUT2D eigenvalue weighted by atomic mass is 32.1. The molecule has 0 N–H and O–H groups in total. The molecule has 0 aromatic carbocycles. The van der Waals surface area contributed by atoms with Gasteiger partial charge >= 0.3 is 5.97 Å². The molecule has 1 aliphatic heterocycles. The molecule has 2 rings (SSSR count). The lowest BCUT2D eigenvalue weighted by atomic mass is 9.97. The lowest BCUT2D eigenvalue weighted by molar-refractivity contribution is -0.0702. The molecule has 1 aromatic heterocycles. The first-order valence-corrected chi connectivity index (χ1v) is 6.22. The van der Waals surface area contributed by atoms with Gasteiger partial charge in [-0.25, -0.2) is 9.78 Å². The lowest BCUT2D eigenvalue weighted by Gasteiger charge is -2.31. The molecule has 2 heterocycles. The first kappa shape index (κ1) is 11.5. The molecule has 0 amide bonds. The fraction of sp³-hybridized carbons (Fsp3) is 0.636. The van der Waals surface area contributed by atoms with Crippen molar-refractivity contribution in [2.24, 2.45) is 0 Å². The number of ether oxygens (including phenoxy) is 2. The lowest BCUT2D eigenvalue weighted by Crippen LogP contribution is -2.30. The quantitative estimate of drug-likeness (QED) is 0.746. The van der Waals surface area contributed by atoms with Gasteiger partial charge < -0.3 is 9.47 Å². The zero-order chi connectivity index (χ0) is 11.6. The van der Waals surface area contributed by atoms with Crippen LogP contribution in [0.2, 0.25) is 0 Å². The molecule has 88 valence electrons. The van der Waals surface area contributed by atoms with Gasteiger partial charge in [-0.2, -0.15) is 0 Å². The Kier molecular flexibility index (Phi) is 3.25. The van der Waals surface area contributed by atoms with Crippen LogP contribution >= 0.6 is 11.3 Å². The summed E-state index contributed by atoms with van der Waals surface area (Å²) in [6.45, 7) is 2.80. The third kappa shape index (κ3) is 2.10. The number of nitrogens with zero attached hydrogens (tertiary/aromatic N) is 1. The second-order valence-corrected chi connectivity index (χ2v) is 4.92. The molecule has 1 fully saturated rings. The predicted molar refractivity (Wildman–Crippen MR) is 60.6 cm³/mol. The van der Waals surface area contributed by atoms with Gasteiger partial charge in [-0.3, -0.25) is 0 Å². The van der Waals surface area contributed by atoms with Gasteiger partial charge in [0.2, 0.25) is 0 Å². The summed E-state index contributed by atoms with van der Waals surface area (Å²) < 4.78 is 10.4. The Morgan fingerprint density at radius 3 is 3.06 bits per heavy atom. The molecule has 0 aliphatic carbocycles. The third-order valence-electron chi connectivity index (χ3n) is 2.82. The van der Waals surface area contributed by atoms with Crippen LogP contribution in [0.25, 0.3) is 0 Å². The van der Waals surface area contributed by atoms with Crippen LogP contribution in [-0.4, -0.2) is 24.7 Å². The number of aromatic nitrogens is 1. The number of rotatable bonds is 2. The van der Waals surface area contributed by atoms with Crippen LogP contribution in [0, 0.1) is 0 Å². The average Bonchev–Trinajstić information content (AvgIpc) is 2.79. The molecule has 0 spiro atoms. The Bertz CT molecular complexity index is 382. The van der Waals surface area contributed by atoms with E-state index in [9.17, 15) is 4.79 Å². The molecule has 1 atom stereocenters. The Morgan fingerprint density at radius 2 is 2.44 bits per heavy atom. The van der Waals surface area contributed by atoms with Gasteiger partial charge in [0.05, 0.1) is 7.11 Å². The molecule has 0 bridgehead atoms. The van der Waals surface area contributed by atoms with Gasteiger partial charge in [-0.1, -0.05) is 0 Å². The Balaban J connectivity index is 2.20. The molecule has 1 saturated heterocycles. The Hall–Kier alpha value is -0.940. The summed E-state index contributed by atoms with van der Waals surface area (Å²) in [5.41, 5.74) is 0.0488. The van der Waals surface area contributed by atoms with Gasteiger partial charge in [0.1, 0.15) is 10.6 Å². The summed E-state index contributed by atoms with van der Waals surface area (Å²) >= 11 is 1.46. The van der Waals surface area contributed by atoms with Crippen LogP contribution in [0.1, 0.15) is 41.7 Å². The summed E-state index contributed by atoms with van der Waals surface area (Å²) in [6, 6.07) is 0. The SMILES string of the molecule is COC(=O)c1csc(C2(C)CCCCO2)n1. The normalized spacial score (nSPS) is 25.4. The molecule has 1 aliphatic rings. The molecule has 16 heavy (non-hydrogen) atoms. The summed E-state index contributed by atoms with van der Waals surface area (Å²) in [7, 11) is 1.36. The van der Waals surface area contributed by atoms with Crippen molar-refractivity contribution in [2.75, 3.05) is 13.7 Å². The van der Waals surface area contributed by atoms with E-state index in [0.717, 1.165) is 30.9 Å². The first-order chi connectivity index (χ1) is 7.65. The topological polar surface area (TPSA) is 48.4 Å². The molecule has 1 aromatic rings. The van der Waals surface area contributed by atoms with Crippen LogP contribution in [0.15, 0.2) is 5.38 Å². The number of thiazole rings is 1. The van der Waals surface area contributed by atoms with Crippen molar-refractivity contribution in [3.8, 4) is 0 Å². The first-order valence-electron chi connectivity index (χ1n) is 5.34. The number of hydrogen-bond donors (Lipinski definition) is 0. The number of carbonyl (C=O) groups is 1. The van der Waals surface area contributed by atoms with E-state index < -0.39 is 0 Å². The average molecular weight is 241 g/mol. The van der Waals surface area contributed by atoms with E-state index in [0.29, 0.717) is 5.69 Å². The summed E-state index contributed by atoms with van der Waals surface area (Å²) in [5.74, 6) is -0.387. The van der Waals surface area contributed by atoms with Crippen molar-refractivity contribution in [2.45, 2.75) is 31.8 Å². The van der Waals surface area contributed by atoms with E-state index in [1.54, 1.807) is 5.38 Å². The van der Waals surface area contributed by atoms with Crippen LogP contribution in [0.4, 0.5) is 0 Å². The minimum atomic E-state index is -0.387. The monoisotopic (exact) mass is 241 g/mol. The largest absolute Gasteiger partial charge is 0.464 e. The van der Waals surface area contributed by atoms with Crippen LogP contribution in [0.3, 0.4) is 0 Å². The molecule has 0 radical (unpaired) electrons. The van der Waals surface area contributed by atoms with E-state index in [2.05, 4.69) is 9.72 Å². The molecule has 5 heteroatoms. The predicted octanol–water partition coefficient (Wildman–Crippen LogP) is 2.35. The molecular formula is C11H15NO3S. The van der Waals surface area contributed by atoms with Gasteiger partial charge in [0, 0.05) is 12.0 Å². The third-order valence-corrected chi connectivity index (χ3v) is 3.91. The van der Waals surface area contributed by atoms with Gasteiger partial charge in [0.15, 0.2) is 5.69 Å². The summed E-state index contributed by atoms with van der Waals surface area (Å²) in [5, 5.41) is 2.59. The molecule has 4 nitrogen and oxygen atoms in total. The van der Waals surface area contributed by atoms with Crippen molar-refractivity contribution >= 4 is 17.3 Å². The van der Waals surface area contributed by atoms with Crippen LogP contribution in [-0.2, 0) is 15.1 Å². The van der Waals surface area contributed by atoms with Crippen molar-refractivity contribution in [1.82, 2.24) is 4.98 Å². The smallest absolute Gasteiger partial charge is 0.357 e. The van der Waals surface area contributed by atoms with Crippen LogP contribution < -0.4 is 0 Å². The van der Waals surface area contributed by atoms with E-state index in [1.165, 1.54) is 18.4 Å². The fourth-order valence-electron chi connectivity index (χ4n) is 1.82. The van der Waals surface area contributed by atoms with Crippen molar-refractivity contribution in [1.29, 1.82) is 0 Å².